The van der Waals surface area contributed by atoms with E-state index >= 15 is 0 Å². The van der Waals surface area contributed by atoms with Gasteiger partial charge in [0.2, 0.25) is 0 Å². The van der Waals surface area contributed by atoms with E-state index in [1.165, 1.54) is 97.7 Å². The van der Waals surface area contributed by atoms with Crippen LogP contribution in [0.3, 0.4) is 0 Å². The van der Waals surface area contributed by atoms with Crippen molar-refractivity contribution in [1.82, 2.24) is 0 Å². The van der Waals surface area contributed by atoms with Crippen molar-refractivity contribution in [2.24, 2.45) is 0 Å². The third kappa shape index (κ3) is 5.17. The highest BCUT2D eigenvalue weighted by atomic mass is 32.1. The Balaban J connectivity index is 0.945. The Labute approximate surface area is 355 Å². The third-order valence-corrected chi connectivity index (χ3v) is 14.8. The van der Waals surface area contributed by atoms with Crippen LogP contribution in [0.2, 0.25) is 0 Å². The van der Waals surface area contributed by atoms with Gasteiger partial charge in [-0.25, -0.2) is 0 Å². The fourth-order valence-electron chi connectivity index (χ4n) is 10.6. The molecule has 1 aromatic heterocycles. The number of thiophene rings is 1. The molecule has 0 saturated heterocycles. The molecule has 10 aromatic rings. The normalized spacial score (nSPS) is 14.3. The van der Waals surface area contributed by atoms with Gasteiger partial charge in [0, 0.05) is 48.1 Å². The predicted molar refractivity (Wildman–Crippen MR) is 258 cm³/mol. The number of hydrogen-bond donors (Lipinski definition) is 0. The summed E-state index contributed by atoms with van der Waals surface area (Å²) in [6, 6.07) is 70.3. The van der Waals surface area contributed by atoms with Crippen LogP contribution in [0.5, 0.6) is 0 Å². The lowest BCUT2D eigenvalue weighted by Gasteiger charge is -2.27. The summed E-state index contributed by atoms with van der Waals surface area (Å²) >= 11 is 1.86. The molecule has 0 radical (unpaired) electrons. The highest BCUT2D eigenvalue weighted by molar-refractivity contribution is 7.25. The first-order valence-corrected chi connectivity index (χ1v) is 21.9. The molecule has 2 aliphatic carbocycles. The van der Waals surface area contributed by atoms with E-state index in [0.29, 0.717) is 0 Å². The van der Waals surface area contributed by atoms with Gasteiger partial charge in [0.05, 0.1) is 0 Å². The number of hydrogen-bond acceptors (Lipinski definition) is 2. The van der Waals surface area contributed by atoms with Crippen LogP contribution in [0.15, 0.2) is 188 Å². The van der Waals surface area contributed by atoms with Crippen LogP contribution in [-0.4, -0.2) is 0 Å². The van der Waals surface area contributed by atoms with Crippen LogP contribution in [-0.2, 0) is 10.8 Å². The SMILES string of the molecule is CC1(C)c2ccccc2-c2c1ccc1c2C(C)(C)c2cc(-c3ccc4cc(N(c5cccc(-c6ccccc6)c5)c5ccc6sc7ccccc7c6c5)ccc4c3)ccc2-1. The second kappa shape index (κ2) is 12.9. The van der Waals surface area contributed by atoms with Crippen molar-refractivity contribution in [1.29, 1.82) is 0 Å². The number of fused-ring (bicyclic) bond motifs is 11. The zero-order chi connectivity index (χ0) is 40.3. The van der Waals surface area contributed by atoms with Gasteiger partial charge in [-0.15, -0.1) is 11.3 Å². The largest absolute Gasteiger partial charge is 0.310 e. The monoisotopic (exact) mass is 785 g/mol. The molecule has 0 atom stereocenters. The maximum Gasteiger partial charge on any atom is 0.0468 e. The summed E-state index contributed by atoms with van der Waals surface area (Å²) in [5.41, 5.74) is 19.5. The molecule has 0 saturated carbocycles. The Morgan fingerprint density at radius 2 is 1.02 bits per heavy atom. The molecule has 9 aromatic carbocycles. The van der Waals surface area contributed by atoms with E-state index in [4.69, 9.17) is 0 Å². The number of benzene rings is 9. The molecule has 0 bridgehead atoms. The predicted octanol–water partition coefficient (Wildman–Crippen LogP) is 16.6. The highest BCUT2D eigenvalue weighted by Crippen LogP contribution is 2.59. The van der Waals surface area contributed by atoms with Gasteiger partial charge in [-0.2, -0.15) is 0 Å². The maximum atomic E-state index is 2.47. The quantitative estimate of drug-likeness (QED) is 0.168. The van der Waals surface area contributed by atoms with Crippen LogP contribution < -0.4 is 4.90 Å². The molecule has 60 heavy (non-hydrogen) atoms. The molecule has 1 nitrogen and oxygen atoms in total. The molecule has 0 fully saturated rings. The summed E-state index contributed by atoms with van der Waals surface area (Å²) < 4.78 is 2.62. The smallest absolute Gasteiger partial charge is 0.0468 e. The standard InChI is InChI=1S/C58H43NS/c1-57(2)50-19-10-8-18-48(50)55-51(57)29-28-47-45-27-24-41(34-52(45)58(3,4)56(47)55)38-21-22-40-33-43(25-23-39(40)31-38)59(42-16-12-15-37(32-42)36-13-6-5-7-14-36)44-26-30-54-49(35-44)46-17-9-11-20-53(46)60-54/h5-35H,1-4H3. The van der Waals surface area contributed by atoms with Crippen LogP contribution in [0.4, 0.5) is 17.1 Å². The molecule has 0 aliphatic heterocycles. The van der Waals surface area contributed by atoms with Crippen molar-refractivity contribution in [2.45, 2.75) is 38.5 Å². The van der Waals surface area contributed by atoms with Gasteiger partial charge in [0.1, 0.15) is 0 Å². The summed E-state index contributed by atoms with van der Waals surface area (Å²) in [6.45, 7) is 9.62. The Morgan fingerprint density at radius 1 is 0.367 bits per heavy atom. The minimum Gasteiger partial charge on any atom is -0.310 e. The third-order valence-electron chi connectivity index (χ3n) is 13.6. The van der Waals surface area contributed by atoms with Crippen molar-refractivity contribution in [3.05, 3.63) is 210 Å². The zero-order valence-electron chi connectivity index (χ0n) is 34.3. The lowest BCUT2D eigenvalue weighted by Crippen LogP contribution is -2.18. The molecule has 1 heterocycles. The van der Waals surface area contributed by atoms with Gasteiger partial charge in [-0.3, -0.25) is 0 Å². The second-order valence-electron chi connectivity index (χ2n) is 17.7. The van der Waals surface area contributed by atoms with Crippen molar-refractivity contribution in [3.8, 4) is 44.5 Å². The van der Waals surface area contributed by atoms with Crippen molar-refractivity contribution in [2.75, 3.05) is 4.90 Å². The molecular formula is C58H43NS. The summed E-state index contributed by atoms with van der Waals surface area (Å²) in [5, 5.41) is 5.04. The molecule has 12 rings (SSSR count). The molecular weight excluding hydrogens is 743 g/mol. The summed E-state index contributed by atoms with van der Waals surface area (Å²) in [5.74, 6) is 0. The van der Waals surface area contributed by atoms with Gasteiger partial charge < -0.3 is 4.90 Å². The fourth-order valence-corrected chi connectivity index (χ4v) is 11.7. The summed E-state index contributed by atoms with van der Waals surface area (Å²) in [6.07, 6.45) is 0. The molecule has 2 aliphatic rings. The van der Waals surface area contributed by atoms with Crippen molar-refractivity contribution >= 4 is 59.3 Å². The maximum absolute atomic E-state index is 2.47. The fraction of sp³-hybridized carbons (Fsp3) is 0.103. The summed E-state index contributed by atoms with van der Waals surface area (Å²) in [4.78, 5) is 2.42. The lowest BCUT2D eigenvalue weighted by molar-refractivity contribution is 0.647. The molecule has 0 spiro atoms. The van der Waals surface area contributed by atoms with E-state index in [1.807, 2.05) is 11.3 Å². The Kier molecular flexibility index (Phi) is 7.56. The van der Waals surface area contributed by atoms with E-state index in [-0.39, 0.29) is 10.8 Å². The van der Waals surface area contributed by atoms with Crippen LogP contribution in [0.25, 0.3) is 75.5 Å². The van der Waals surface area contributed by atoms with E-state index in [9.17, 15) is 0 Å². The summed E-state index contributed by atoms with van der Waals surface area (Å²) in [7, 11) is 0. The van der Waals surface area contributed by atoms with Crippen molar-refractivity contribution in [3.63, 3.8) is 0 Å². The Morgan fingerprint density at radius 3 is 1.92 bits per heavy atom. The van der Waals surface area contributed by atoms with Gasteiger partial charge in [-0.1, -0.05) is 155 Å². The van der Waals surface area contributed by atoms with Gasteiger partial charge in [-0.05, 0) is 138 Å². The molecule has 286 valence electrons. The topological polar surface area (TPSA) is 3.24 Å². The van der Waals surface area contributed by atoms with Gasteiger partial charge in [0.25, 0.3) is 0 Å². The first-order chi connectivity index (χ1) is 29.2. The average Bonchev–Trinajstić information content (AvgIpc) is 3.85. The van der Waals surface area contributed by atoms with Gasteiger partial charge in [0.15, 0.2) is 0 Å². The van der Waals surface area contributed by atoms with E-state index in [0.717, 1.165) is 17.1 Å². The first kappa shape index (κ1) is 35.2. The van der Waals surface area contributed by atoms with E-state index in [2.05, 4.69) is 221 Å². The molecule has 0 amide bonds. The van der Waals surface area contributed by atoms with E-state index in [1.54, 1.807) is 0 Å². The first-order valence-electron chi connectivity index (χ1n) is 21.1. The number of anilines is 3. The minimum absolute atomic E-state index is 0.0162. The van der Waals surface area contributed by atoms with Crippen LogP contribution in [0, 0.1) is 0 Å². The minimum atomic E-state index is -0.134. The van der Waals surface area contributed by atoms with Crippen LogP contribution >= 0.6 is 11.3 Å². The zero-order valence-corrected chi connectivity index (χ0v) is 35.1. The highest BCUT2D eigenvalue weighted by Gasteiger charge is 2.44. The average molecular weight is 786 g/mol. The number of nitrogens with zero attached hydrogens (tertiary/aromatic N) is 1. The molecule has 2 heteroatoms. The Hall–Kier alpha value is -6.74. The van der Waals surface area contributed by atoms with Gasteiger partial charge >= 0.3 is 0 Å². The van der Waals surface area contributed by atoms with Crippen LogP contribution in [0.1, 0.15) is 49.9 Å². The van der Waals surface area contributed by atoms with E-state index < -0.39 is 0 Å². The molecule has 0 unspecified atom stereocenters. The second-order valence-corrected chi connectivity index (χ2v) is 18.8. The lowest BCUT2D eigenvalue weighted by atomic mass is 9.77. The molecule has 0 N–H and O–H groups in total. The number of rotatable bonds is 5. The Bertz CT molecular complexity index is 3380. The van der Waals surface area contributed by atoms with Crippen molar-refractivity contribution < 1.29 is 0 Å².